The molecule has 3 heterocycles. The van der Waals surface area contributed by atoms with E-state index in [1.54, 1.807) is 11.3 Å². The molecule has 1 aliphatic heterocycles. The van der Waals surface area contributed by atoms with Crippen LogP contribution in [-0.2, 0) is 6.42 Å². The number of rotatable bonds is 4. The smallest absolute Gasteiger partial charge is 0.322 e. The van der Waals surface area contributed by atoms with Gasteiger partial charge in [0.15, 0.2) is 0 Å². The van der Waals surface area contributed by atoms with Gasteiger partial charge in [-0.15, -0.1) is 11.3 Å². The van der Waals surface area contributed by atoms with Crippen LogP contribution in [0.25, 0.3) is 10.2 Å². The van der Waals surface area contributed by atoms with Crippen molar-refractivity contribution in [3.63, 3.8) is 0 Å². The molecule has 5 nitrogen and oxygen atoms in total. The molecular weight excluding hydrogens is 344 g/mol. The van der Waals surface area contributed by atoms with E-state index in [4.69, 9.17) is 0 Å². The van der Waals surface area contributed by atoms with Crippen LogP contribution < -0.4 is 5.32 Å². The van der Waals surface area contributed by atoms with Crippen LogP contribution in [0, 0.1) is 0 Å². The minimum absolute atomic E-state index is 0.000383. The molecule has 1 saturated heterocycles. The fraction of sp³-hybridized carbons (Fsp3) is 0.350. The SMILES string of the molecule is O=C(Nc1ccc2ncsc2c1)N1CCCC[C@H]1CCc1ccccn1. The van der Waals surface area contributed by atoms with E-state index in [0.29, 0.717) is 0 Å². The number of piperidine rings is 1. The first-order chi connectivity index (χ1) is 12.8. The van der Waals surface area contributed by atoms with E-state index in [9.17, 15) is 4.79 Å². The van der Waals surface area contributed by atoms with E-state index in [1.165, 1.54) is 6.42 Å². The van der Waals surface area contributed by atoms with E-state index >= 15 is 0 Å². The highest BCUT2D eigenvalue weighted by atomic mass is 32.1. The number of hydrogen-bond donors (Lipinski definition) is 1. The molecular formula is C20H22N4OS. The quantitative estimate of drug-likeness (QED) is 0.727. The second kappa shape index (κ2) is 7.83. The number of nitrogens with one attached hydrogen (secondary N) is 1. The lowest BCUT2D eigenvalue weighted by molar-refractivity contribution is 0.158. The zero-order valence-corrected chi connectivity index (χ0v) is 15.4. The standard InChI is InChI=1S/C20H22N4OS/c25-20(23-16-8-10-18-19(13-16)26-14-22-18)24-12-4-2-6-17(24)9-7-15-5-1-3-11-21-15/h1,3,5,8,10-11,13-14,17H,2,4,6-7,9,12H2,(H,23,25)/t17-/m0/s1. The molecule has 0 saturated carbocycles. The molecule has 1 N–H and O–H groups in total. The number of thiazole rings is 1. The first-order valence-electron chi connectivity index (χ1n) is 9.10. The molecule has 0 radical (unpaired) electrons. The normalized spacial score (nSPS) is 17.4. The van der Waals surface area contributed by atoms with Gasteiger partial charge in [-0.2, -0.15) is 0 Å². The topological polar surface area (TPSA) is 58.1 Å². The largest absolute Gasteiger partial charge is 0.322 e. The summed E-state index contributed by atoms with van der Waals surface area (Å²) in [6, 6.07) is 12.2. The highest BCUT2D eigenvalue weighted by Crippen LogP contribution is 2.25. The predicted octanol–water partition coefficient (Wildman–Crippen LogP) is 4.71. The van der Waals surface area contributed by atoms with Crippen LogP contribution in [0.4, 0.5) is 10.5 Å². The molecule has 26 heavy (non-hydrogen) atoms. The summed E-state index contributed by atoms with van der Waals surface area (Å²) >= 11 is 1.59. The van der Waals surface area contributed by atoms with Crippen LogP contribution >= 0.6 is 11.3 Å². The number of amides is 2. The Morgan fingerprint density at radius 2 is 2.19 bits per heavy atom. The Labute approximate surface area is 157 Å². The number of pyridine rings is 1. The van der Waals surface area contributed by atoms with Gasteiger partial charge < -0.3 is 10.2 Å². The number of anilines is 1. The van der Waals surface area contributed by atoms with Crippen LogP contribution in [0.15, 0.2) is 48.1 Å². The van der Waals surface area contributed by atoms with E-state index in [0.717, 1.165) is 53.8 Å². The van der Waals surface area contributed by atoms with Crippen LogP contribution in [-0.4, -0.2) is 33.5 Å². The third-order valence-electron chi connectivity index (χ3n) is 4.93. The van der Waals surface area contributed by atoms with Crippen LogP contribution in [0.5, 0.6) is 0 Å². The van der Waals surface area contributed by atoms with Crippen LogP contribution in [0.2, 0.25) is 0 Å². The summed E-state index contributed by atoms with van der Waals surface area (Å²) in [5.74, 6) is 0. The lowest BCUT2D eigenvalue weighted by Crippen LogP contribution is -2.46. The Kier molecular flexibility index (Phi) is 5.11. The molecule has 2 amide bonds. The Morgan fingerprint density at radius 1 is 1.23 bits per heavy atom. The molecule has 134 valence electrons. The number of nitrogens with zero attached hydrogens (tertiary/aromatic N) is 3. The molecule has 0 spiro atoms. The number of aromatic nitrogens is 2. The van der Waals surface area contributed by atoms with Gasteiger partial charge in [0.1, 0.15) is 0 Å². The number of hydrogen-bond acceptors (Lipinski definition) is 4. The van der Waals surface area contributed by atoms with Crippen molar-refractivity contribution in [1.29, 1.82) is 0 Å². The lowest BCUT2D eigenvalue weighted by atomic mass is 9.97. The molecule has 4 rings (SSSR count). The maximum Gasteiger partial charge on any atom is 0.322 e. The van der Waals surface area contributed by atoms with E-state index in [2.05, 4.69) is 21.4 Å². The van der Waals surface area contributed by atoms with E-state index in [-0.39, 0.29) is 12.1 Å². The highest BCUT2D eigenvalue weighted by Gasteiger charge is 2.26. The van der Waals surface area contributed by atoms with Gasteiger partial charge in [0.25, 0.3) is 0 Å². The molecule has 1 atom stereocenters. The molecule has 1 aliphatic rings. The average molecular weight is 366 g/mol. The summed E-state index contributed by atoms with van der Waals surface area (Å²) in [7, 11) is 0. The van der Waals surface area contributed by atoms with Crippen molar-refractivity contribution < 1.29 is 4.79 Å². The lowest BCUT2D eigenvalue weighted by Gasteiger charge is -2.35. The van der Waals surface area contributed by atoms with E-state index in [1.807, 2.05) is 46.9 Å². The van der Waals surface area contributed by atoms with Gasteiger partial charge >= 0.3 is 6.03 Å². The van der Waals surface area contributed by atoms with Gasteiger partial charge in [0.2, 0.25) is 0 Å². The second-order valence-electron chi connectivity index (χ2n) is 6.67. The zero-order valence-electron chi connectivity index (χ0n) is 14.6. The van der Waals surface area contributed by atoms with Crippen molar-refractivity contribution in [2.75, 3.05) is 11.9 Å². The number of carbonyl (C=O) groups excluding carboxylic acids is 1. The summed E-state index contributed by atoms with van der Waals surface area (Å²) in [5.41, 5.74) is 4.73. The Bertz CT molecular complexity index is 880. The zero-order chi connectivity index (χ0) is 17.8. The van der Waals surface area contributed by atoms with E-state index < -0.39 is 0 Å². The monoisotopic (exact) mass is 366 g/mol. The van der Waals surface area contributed by atoms with Gasteiger partial charge in [-0.1, -0.05) is 6.07 Å². The molecule has 0 bridgehead atoms. The summed E-state index contributed by atoms with van der Waals surface area (Å²) < 4.78 is 1.09. The highest BCUT2D eigenvalue weighted by molar-refractivity contribution is 7.16. The third-order valence-corrected chi connectivity index (χ3v) is 5.72. The predicted molar refractivity (Wildman–Crippen MR) is 106 cm³/mol. The molecule has 0 unspecified atom stereocenters. The molecule has 2 aromatic heterocycles. The minimum atomic E-state index is -0.000383. The number of urea groups is 1. The van der Waals surface area contributed by atoms with Gasteiger partial charge in [0, 0.05) is 30.2 Å². The van der Waals surface area contributed by atoms with Crippen LogP contribution in [0.1, 0.15) is 31.4 Å². The maximum absolute atomic E-state index is 12.9. The minimum Gasteiger partial charge on any atom is -0.322 e. The summed E-state index contributed by atoms with van der Waals surface area (Å²) in [4.78, 5) is 23.5. The number of benzene rings is 1. The van der Waals surface area contributed by atoms with Crippen molar-refractivity contribution in [3.8, 4) is 0 Å². The van der Waals surface area contributed by atoms with Crippen LogP contribution in [0.3, 0.4) is 0 Å². The fourth-order valence-corrected chi connectivity index (χ4v) is 4.27. The molecule has 1 aromatic carbocycles. The number of carbonyl (C=O) groups is 1. The number of likely N-dealkylation sites (tertiary alicyclic amines) is 1. The van der Waals surface area contributed by atoms with Gasteiger partial charge in [0.05, 0.1) is 15.7 Å². The Hall–Kier alpha value is -2.47. The Morgan fingerprint density at radius 3 is 3.08 bits per heavy atom. The first-order valence-corrected chi connectivity index (χ1v) is 9.98. The summed E-state index contributed by atoms with van der Waals surface area (Å²) in [6.07, 6.45) is 7.01. The average Bonchev–Trinajstić information content (AvgIpc) is 3.15. The molecule has 3 aromatic rings. The summed E-state index contributed by atoms with van der Waals surface area (Å²) in [6.45, 7) is 0.821. The van der Waals surface area contributed by atoms with Crippen molar-refractivity contribution in [1.82, 2.24) is 14.9 Å². The Balaban J connectivity index is 1.42. The van der Waals surface area contributed by atoms with Crippen molar-refractivity contribution in [2.24, 2.45) is 0 Å². The van der Waals surface area contributed by atoms with Gasteiger partial charge in [-0.3, -0.25) is 4.98 Å². The molecule has 0 aliphatic carbocycles. The molecule has 6 heteroatoms. The van der Waals surface area contributed by atoms with Gasteiger partial charge in [-0.05, 0) is 62.4 Å². The first kappa shape index (κ1) is 17.0. The second-order valence-corrected chi connectivity index (χ2v) is 7.55. The summed E-state index contributed by atoms with van der Waals surface area (Å²) in [5, 5.41) is 3.07. The van der Waals surface area contributed by atoms with Gasteiger partial charge in [-0.25, -0.2) is 9.78 Å². The molecule has 1 fully saturated rings. The van der Waals surface area contributed by atoms with Crippen molar-refractivity contribution in [2.45, 2.75) is 38.1 Å². The van der Waals surface area contributed by atoms with Crippen molar-refractivity contribution >= 4 is 33.3 Å². The fourth-order valence-electron chi connectivity index (χ4n) is 3.56. The number of fused-ring (bicyclic) bond motifs is 1. The number of aryl methyl sites for hydroxylation is 1. The third kappa shape index (κ3) is 3.85. The van der Waals surface area contributed by atoms with Crippen molar-refractivity contribution in [3.05, 3.63) is 53.8 Å². The maximum atomic E-state index is 12.9.